The largest absolute Gasteiger partial charge is 0.497 e. The number of rotatable bonds is 8. The summed E-state index contributed by atoms with van der Waals surface area (Å²) in [6.45, 7) is 7.12. The minimum Gasteiger partial charge on any atom is -0.497 e. The fourth-order valence-corrected chi connectivity index (χ4v) is 3.58. The first-order valence-electron chi connectivity index (χ1n) is 10.8. The number of hydrogen-bond donors (Lipinski definition) is 1. The van der Waals surface area contributed by atoms with E-state index in [9.17, 15) is 9.59 Å². The minimum absolute atomic E-state index is 0.134. The van der Waals surface area contributed by atoms with Crippen molar-refractivity contribution in [2.75, 3.05) is 45.2 Å². The topological polar surface area (TPSA) is 87.9 Å². The van der Waals surface area contributed by atoms with Crippen molar-refractivity contribution in [3.8, 4) is 5.75 Å². The van der Waals surface area contributed by atoms with E-state index in [0.717, 1.165) is 36.5 Å². The van der Waals surface area contributed by atoms with Gasteiger partial charge >= 0.3 is 0 Å². The van der Waals surface area contributed by atoms with Gasteiger partial charge in [-0.2, -0.15) is 0 Å². The number of aryl methyl sites for hydroxylation is 1. The van der Waals surface area contributed by atoms with Gasteiger partial charge in [0, 0.05) is 38.7 Å². The van der Waals surface area contributed by atoms with Gasteiger partial charge in [-0.25, -0.2) is 0 Å². The lowest BCUT2D eigenvalue weighted by atomic mass is 10.1. The average molecular weight is 429 g/mol. The number of carbonyl (C=O) groups excluding carboxylic acids is 2. The van der Waals surface area contributed by atoms with Crippen LogP contribution in [0.5, 0.6) is 5.75 Å². The Morgan fingerprint density at radius 2 is 1.94 bits per heavy atom. The molecule has 1 aromatic heterocycles. The summed E-state index contributed by atoms with van der Waals surface area (Å²) in [5.41, 5.74) is 1.93. The maximum absolute atomic E-state index is 12.7. The molecule has 8 nitrogen and oxygen atoms in total. The predicted molar refractivity (Wildman–Crippen MR) is 118 cm³/mol. The number of amides is 2. The van der Waals surface area contributed by atoms with Crippen molar-refractivity contribution in [2.45, 2.75) is 39.0 Å². The fourth-order valence-electron chi connectivity index (χ4n) is 3.58. The Hall–Kier alpha value is -2.87. The van der Waals surface area contributed by atoms with Crippen molar-refractivity contribution in [3.63, 3.8) is 0 Å². The monoisotopic (exact) mass is 428 g/mol. The molecule has 1 fully saturated rings. The zero-order valence-corrected chi connectivity index (χ0v) is 18.6. The Balaban J connectivity index is 1.42. The summed E-state index contributed by atoms with van der Waals surface area (Å²) in [4.78, 5) is 29.0. The number of anilines is 1. The van der Waals surface area contributed by atoms with Gasteiger partial charge in [-0.15, -0.1) is 0 Å². The van der Waals surface area contributed by atoms with E-state index in [4.69, 9.17) is 9.26 Å². The number of hydrogen-bond acceptors (Lipinski definition) is 6. The number of methoxy groups -OCH3 is 1. The molecule has 0 spiro atoms. The van der Waals surface area contributed by atoms with E-state index < -0.39 is 0 Å². The van der Waals surface area contributed by atoms with E-state index in [0.29, 0.717) is 31.8 Å². The first-order valence-corrected chi connectivity index (χ1v) is 10.8. The molecule has 0 bridgehead atoms. The van der Waals surface area contributed by atoms with Crippen LogP contribution >= 0.6 is 0 Å². The highest BCUT2D eigenvalue weighted by Gasteiger charge is 2.21. The molecule has 0 aliphatic carbocycles. The van der Waals surface area contributed by atoms with Gasteiger partial charge in [0.2, 0.25) is 17.7 Å². The number of ether oxygens (including phenoxy) is 1. The molecule has 1 aliphatic rings. The van der Waals surface area contributed by atoms with E-state index >= 15 is 0 Å². The van der Waals surface area contributed by atoms with Crippen LogP contribution in [-0.4, -0.2) is 66.6 Å². The average Bonchev–Trinajstić information content (AvgIpc) is 3.10. The standard InChI is InChI=1S/C23H32N4O4/c1-17(2)20-15-22(31-25-20)24-21(28)16-26-11-4-12-27(14-13-26)23(29)10-7-18-5-8-19(30-3)9-6-18/h5-6,8-9,15,17H,4,7,10-14,16H2,1-3H3,(H,24,28). The first kappa shape index (κ1) is 22.8. The normalized spacial score (nSPS) is 15.0. The summed E-state index contributed by atoms with van der Waals surface area (Å²) < 4.78 is 10.3. The highest BCUT2D eigenvalue weighted by atomic mass is 16.5. The van der Waals surface area contributed by atoms with Crippen molar-refractivity contribution < 1.29 is 18.8 Å². The number of benzene rings is 1. The summed E-state index contributed by atoms with van der Waals surface area (Å²) in [6, 6.07) is 9.57. The van der Waals surface area contributed by atoms with Gasteiger partial charge in [0.05, 0.1) is 19.3 Å². The van der Waals surface area contributed by atoms with E-state index in [2.05, 4.69) is 15.4 Å². The zero-order valence-electron chi connectivity index (χ0n) is 18.6. The van der Waals surface area contributed by atoms with Gasteiger partial charge in [0.25, 0.3) is 0 Å². The Morgan fingerprint density at radius 1 is 1.16 bits per heavy atom. The molecule has 0 saturated carbocycles. The number of carbonyl (C=O) groups is 2. The molecular formula is C23H32N4O4. The highest BCUT2D eigenvalue weighted by molar-refractivity contribution is 5.91. The van der Waals surface area contributed by atoms with E-state index in [1.807, 2.05) is 43.0 Å². The van der Waals surface area contributed by atoms with E-state index in [1.165, 1.54) is 0 Å². The Morgan fingerprint density at radius 3 is 2.61 bits per heavy atom. The zero-order chi connectivity index (χ0) is 22.2. The molecule has 8 heteroatoms. The van der Waals surface area contributed by atoms with Crippen LogP contribution in [0.15, 0.2) is 34.9 Å². The molecule has 0 unspecified atom stereocenters. The van der Waals surface area contributed by atoms with Gasteiger partial charge in [-0.05, 0) is 36.5 Å². The van der Waals surface area contributed by atoms with Gasteiger partial charge in [0.1, 0.15) is 5.75 Å². The van der Waals surface area contributed by atoms with Crippen molar-refractivity contribution in [3.05, 3.63) is 41.6 Å². The van der Waals surface area contributed by atoms with Crippen LogP contribution in [0.4, 0.5) is 5.88 Å². The molecular weight excluding hydrogens is 396 g/mol. The molecule has 3 rings (SSSR count). The lowest BCUT2D eigenvalue weighted by Crippen LogP contribution is -2.38. The lowest BCUT2D eigenvalue weighted by molar-refractivity contribution is -0.131. The van der Waals surface area contributed by atoms with Crippen LogP contribution in [0.3, 0.4) is 0 Å². The SMILES string of the molecule is COc1ccc(CCC(=O)N2CCCN(CC(=O)Nc3cc(C(C)C)no3)CC2)cc1. The molecule has 0 radical (unpaired) electrons. The molecule has 1 aliphatic heterocycles. The summed E-state index contributed by atoms with van der Waals surface area (Å²) in [6.07, 6.45) is 2.04. The first-order chi connectivity index (χ1) is 14.9. The van der Waals surface area contributed by atoms with E-state index in [-0.39, 0.29) is 24.3 Å². The summed E-state index contributed by atoms with van der Waals surface area (Å²) in [5.74, 6) is 1.46. The fraction of sp³-hybridized carbons (Fsp3) is 0.522. The Kier molecular flexibility index (Phi) is 8.06. The lowest BCUT2D eigenvalue weighted by Gasteiger charge is -2.21. The molecule has 31 heavy (non-hydrogen) atoms. The quantitative estimate of drug-likeness (QED) is 0.696. The van der Waals surface area contributed by atoms with Crippen molar-refractivity contribution in [1.29, 1.82) is 0 Å². The van der Waals surface area contributed by atoms with Gasteiger partial charge in [-0.3, -0.25) is 19.8 Å². The number of aromatic nitrogens is 1. The van der Waals surface area contributed by atoms with Crippen LogP contribution in [0.25, 0.3) is 0 Å². The minimum atomic E-state index is -0.134. The molecule has 0 atom stereocenters. The van der Waals surface area contributed by atoms with Crippen LogP contribution in [-0.2, 0) is 16.0 Å². The van der Waals surface area contributed by atoms with Gasteiger partial charge < -0.3 is 14.2 Å². The number of nitrogens with one attached hydrogen (secondary N) is 1. The molecule has 2 amide bonds. The van der Waals surface area contributed by atoms with Gasteiger partial charge in [0.15, 0.2) is 0 Å². The molecule has 1 N–H and O–H groups in total. The highest BCUT2D eigenvalue weighted by Crippen LogP contribution is 2.17. The van der Waals surface area contributed by atoms with Crippen molar-refractivity contribution in [2.24, 2.45) is 0 Å². The summed E-state index contributed by atoms with van der Waals surface area (Å²) >= 11 is 0. The maximum Gasteiger partial charge on any atom is 0.240 e. The molecule has 1 aromatic carbocycles. The maximum atomic E-state index is 12.7. The second kappa shape index (κ2) is 10.9. The smallest absolute Gasteiger partial charge is 0.240 e. The summed E-state index contributed by atoms with van der Waals surface area (Å²) in [7, 11) is 1.64. The van der Waals surface area contributed by atoms with Crippen molar-refractivity contribution in [1.82, 2.24) is 15.0 Å². The Bertz CT molecular complexity index is 863. The van der Waals surface area contributed by atoms with Crippen LogP contribution in [0.2, 0.25) is 0 Å². The van der Waals surface area contributed by atoms with Crippen LogP contribution in [0.1, 0.15) is 43.9 Å². The Labute approximate surface area is 183 Å². The van der Waals surface area contributed by atoms with Crippen molar-refractivity contribution >= 4 is 17.7 Å². The third-order valence-corrected chi connectivity index (χ3v) is 5.48. The number of nitrogens with zero attached hydrogens (tertiary/aromatic N) is 3. The third-order valence-electron chi connectivity index (χ3n) is 5.48. The second-order valence-electron chi connectivity index (χ2n) is 8.18. The van der Waals surface area contributed by atoms with Gasteiger partial charge in [-0.1, -0.05) is 31.1 Å². The van der Waals surface area contributed by atoms with Crippen LogP contribution < -0.4 is 10.1 Å². The second-order valence-corrected chi connectivity index (χ2v) is 8.18. The summed E-state index contributed by atoms with van der Waals surface area (Å²) in [5, 5.41) is 6.72. The predicted octanol–water partition coefficient (Wildman–Crippen LogP) is 2.91. The molecule has 2 heterocycles. The van der Waals surface area contributed by atoms with Crippen LogP contribution in [0, 0.1) is 0 Å². The van der Waals surface area contributed by atoms with E-state index in [1.54, 1.807) is 13.2 Å². The third kappa shape index (κ3) is 6.82. The molecule has 2 aromatic rings. The molecule has 1 saturated heterocycles. The molecule has 168 valence electrons.